The first-order valence-electron chi connectivity index (χ1n) is 11.3. The first-order chi connectivity index (χ1) is 17.1. The van der Waals surface area contributed by atoms with Crippen LogP contribution in [0, 0.1) is 4.78 Å². The Hall–Kier alpha value is -3.54. The molecule has 0 spiro atoms. The predicted octanol–water partition coefficient (Wildman–Crippen LogP) is 6.29. The zero-order valence-electron chi connectivity index (χ0n) is 20.4. The minimum Gasteiger partial charge on any atom is -0.292 e. The van der Waals surface area contributed by atoms with Gasteiger partial charge in [0.25, 0.3) is 0 Å². The third kappa shape index (κ3) is 5.81. The van der Waals surface area contributed by atoms with E-state index in [1.807, 2.05) is 62.5 Å². The molecule has 2 aromatic heterocycles. The molecule has 0 saturated heterocycles. The Kier molecular flexibility index (Phi) is 7.25. The molecule has 4 rings (SSSR count). The van der Waals surface area contributed by atoms with E-state index in [0.717, 1.165) is 17.0 Å². The molecule has 2 aromatic carbocycles. The summed E-state index contributed by atoms with van der Waals surface area (Å²) in [4.78, 5) is 17.6. The molecule has 2 amide bonds. The molecule has 0 aliphatic heterocycles. The lowest BCUT2D eigenvalue weighted by Crippen LogP contribution is -2.21. The van der Waals surface area contributed by atoms with E-state index in [-0.39, 0.29) is 16.9 Å². The number of nitrogens with one attached hydrogen (secondary N) is 3. The minimum atomic E-state index is -3.32. The highest BCUT2D eigenvalue weighted by molar-refractivity contribution is 7.87. The molecule has 36 heavy (non-hydrogen) atoms. The maximum atomic E-state index is 12.9. The highest BCUT2D eigenvalue weighted by atomic mass is 32.2. The number of thiazole rings is 1. The second-order valence-corrected chi connectivity index (χ2v) is 11.5. The number of carbonyl (C=O) groups is 1. The summed E-state index contributed by atoms with van der Waals surface area (Å²) < 4.78 is 27.0. The van der Waals surface area contributed by atoms with Crippen molar-refractivity contribution in [1.29, 1.82) is 4.78 Å². The van der Waals surface area contributed by atoms with Crippen LogP contribution in [0.3, 0.4) is 0 Å². The number of urea groups is 1. The number of hydrogen-bond donors (Lipinski definition) is 3. The van der Waals surface area contributed by atoms with Gasteiger partial charge in [-0.05, 0) is 31.2 Å². The van der Waals surface area contributed by atoms with Crippen LogP contribution in [0.25, 0.3) is 16.9 Å². The van der Waals surface area contributed by atoms with Crippen LogP contribution in [0.1, 0.15) is 33.4 Å². The van der Waals surface area contributed by atoms with Crippen LogP contribution in [0.5, 0.6) is 0 Å². The number of aromatic nitrogens is 3. The summed E-state index contributed by atoms with van der Waals surface area (Å²) in [5, 5.41) is 12.7. The van der Waals surface area contributed by atoms with Gasteiger partial charge in [0.2, 0.25) is 0 Å². The Balaban J connectivity index is 1.57. The van der Waals surface area contributed by atoms with Crippen molar-refractivity contribution in [2.24, 2.45) is 0 Å². The molecule has 0 bridgehead atoms. The summed E-state index contributed by atoms with van der Waals surface area (Å²) in [6.45, 7) is 7.96. The highest BCUT2D eigenvalue weighted by Gasteiger charge is 2.22. The molecule has 0 aliphatic carbocycles. The summed E-state index contributed by atoms with van der Waals surface area (Å²) >= 11 is 1.34. The van der Waals surface area contributed by atoms with Gasteiger partial charge >= 0.3 is 6.03 Å². The SMILES string of the molecule is CCOS(=N)(=O)c1ccc(-n2nc(C(C)(C)C)cc2NC(=O)Nc2nc(-c3ccccc3)cs2)cc1. The van der Waals surface area contributed by atoms with Crippen molar-refractivity contribution >= 4 is 38.3 Å². The van der Waals surface area contributed by atoms with Crippen molar-refractivity contribution in [3.05, 3.63) is 71.7 Å². The number of amides is 2. The molecule has 0 radical (unpaired) electrons. The summed E-state index contributed by atoms with van der Waals surface area (Å²) in [5.41, 5.74) is 2.91. The van der Waals surface area contributed by atoms with E-state index in [0.29, 0.717) is 16.6 Å². The van der Waals surface area contributed by atoms with E-state index >= 15 is 0 Å². The predicted molar refractivity (Wildman–Crippen MR) is 143 cm³/mol. The van der Waals surface area contributed by atoms with E-state index in [2.05, 4.69) is 15.6 Å². The average Bonchev–Trinajstić information content (AvgIpc) is 3.47. The van der Waals surface area contributed by atoms with Gasteiger partial charge in [0.15, 0.2) is 15.1 Å². The Morgan fingerprint density at radius 1 is 1.11 bits per heavy atom. The van der Waals surface area contributed by atoms with Crippen LogP contribution in [-0.4, -0.2) is 31.6 Å². The van der Waals surface area contributed by atoms with Crippen LogP contribution < -0.4 is 10.6 Å². The lowest BCUT2D eigenvalue weighted by molar-refractivity contribution is 0.262. The molecular weight excluding hydrogens is 496 g/mol. The number of rotatable bonds is 7. The molecule has 0 aliphatic rings. The Morgan fingerprint density at radius 3 is 2.44 bits per heavy atom. The number of hydrogen-bond acceptors (Lipinski definition) is 7. The lowest BCUT2D eigenvalue weighted by Gasteiger charge is -2.14. The smallest absolute Gasteiger partial charge is 0.292 e. The maximum absolute atomic E-state index is 12.9. The molecule has 9 nitrogen and oxygen atoms in total. The molecular formula is C25H28N6O3S2. The molecule has 0 fully saturated rings. The van der Waals surface area contributed by atoms with Crippen LogP contribution >= 0.6 is 11.3 Å². The molecule has 188 valence electrons. The second kappa shape index (κ2) is 10.2. The van der Waals surface area contributed by atoms with Gasteiger partial charge in [0, 0.05) is 22.4 Å². The highest BCUT2D eigenvalue weighted by Crippen LogP contribution is 2.28. The summed E-state index contributed by atoms with van der Waals surface area (Å²) in [6.07, 6.45) is 0. The Labute approximate surface area is 214 Å². The lowest BCUT2D eigenvalue weighted by atomic mass is 9.92. The van der Waals surface area contributed by atoms with E-state index < -0.39 is 16.0 Å². The van der Waals surface area contributed by atoms with E-state index in [1.54, 1.807) is 35.9 Å². The molecule has 1 atom stereocenters. The first kappa shape index (κ1) is 25.5. The van der Waals surface area contributed by atoms with Gasteiger partial charge in [-0.25, -0.2) is 23.4 Å². The largest absolute Gasteiger partial charge is 0.326 e. The minimum absolute atomic E-state index is 0.174. The molecule has 1 unspecified atom stereocenters. The van der Waals surface area contributed by atoms with Crippen LogP contribution in [0.2, 0.25) is 0 Å². The third-order valence-electron chi connectivity index (χ3n) is 5.19. The summed E-state index contributed by atoms with van der Waals surface area (Å²) in [6, 6.07) is 17.6. The summed E-state index contributed by atoms with van der Waals surface area (Å²) in [5.74, 6) is 0.460. The van der Waals surface area contributed by atoms with E-state index in [4.69, 9.17) is 14.1 Å². The van der Waals surface area contributed by atoms with Gasteiger partial charge in [0.1, 0.15) is 5.82 Å². The molecule has 3 N–H and O–H groups in total. The van der Waals surface area contributed by atoms with Crippen LogP contribution in [0.4, 0.5) is 15.7 Å². The fourth-order valence-corrected chi connectivity index (χ4v) is 5.03. The average molecular weight is 525 g/mol. The summed E-state index contributed by atoms with van der Waals surface area (Å²) in [7, 11) is -3.32. The van der Waals surface area contributed by atoms with Crippen LogP contribution in [-0.2, 0) is 19.6 Å². The van der Waals surface area contributed by atoms with Crippen molar-refractivity contribution in [3.8, 4) is 16.9 Å². The number of nitrogens with zero attached hydrogens (tertiary/aromatic N) is 3. The van der Waals surface area contributed by atoms with Crippen LogP contribution in [0.15, 0.2) is 70.9 Å². The first-order valence-corrected chi connectivity index (χ1v) is 13.7. The quantitative estimate of drug-likeness (QED) is 0.262. The van der Waals surface area contributed by atoms with Crippen molar-refractivity contribution < 1.29 is 13.2 Å². The van der Waals surface area contributed by atoms with Gasteiger partial charge in [-0.15, -0.1) is 11.3 Å². The molecule has 11 heteroatoms. The Bertz CT molecular complexity index is 1450. The Morgan fingerprint density at radius 2 is 1.81 bits per heavy atom. The van der Waals surface area contributed by atoms with Crippen molar-refractivity contribution in [3.63, 3.8) is 0 Å². The van der Waals surface area contributed by atoms with E-state index in [1.165, 1.54) is 11.3 Å². The monoisotopic (exact) mass is 524 g/mol. The van der Waals surface area contributed by atoms with Gasteiger partial charge in [-0.1, -0.05) is 51.1 Å². The normalized spacial score (nSPS) is 13.2. The maximum Gasteiger partial charge on any atom is 0.326 e. The van der Waals surface area contributed by atoms with Gasteiger partial charge in [-0.2, -0.15) is 5.10 Å². The zero-order valence-corrected chi connectivity index (χ0v) is 22.1. The van der Waals surface area contributed by atoms with Crippen molar-refractivity contribution in [1.82, 2.24) is 14.8 Å². The van der Waals surface area contributed by atoms with Gasteiger partial charge in [0.05, 0.1) is 28.6 Å². The van der Waals surface area contributed by atoms with Crippen molar-refractivity contribution in [2.75, 3.05) is 17.2 Å². The number of anilines is 2. The third-order valence-corrected chi connectivity index (χ3v) is 7.41. The molecule has 4 aromatic rings. The standard InChI is InChI=1S/C25H28N6O3S2/c1-5-34-36(26,33)19-13-11-18(12-14-19)31-22(15-21(30-31)25(2,3)4)28-23(32)29-24-27-20(16-35-24)17-9-7-6-8-10-17/h6-16,26H,5H2,1-4H3,(H2,27,28,29,32). The number of benzene rings is 2. The van der Waals surface area contributed by atoms with E-state index in [9.17, 15) is 9.00 Å². The molecule has 0 saturated carbocycles. The second-order valence-electron chi connectivity index (χ2n) is 8.96. The van der Waals surface area contributed by atoms with Gasteiger partial charge in [-0.3, -0.25) is 14.8 Å². The van der Waals surface area contributed by atoms with Gasteiger partial charge < -0.3 is 0 Å². The van der Waals surface area contributed by atoms with Crippen molar-refractivity contribution in [2.45, 2.75) is 38.0 Å². The zero-order chi connectivity index (χ0) is 25.9. The molecule has 2 heterocycles. The fourth-order valence-electron chi connectivity index (χ4n) is 3.35. The topological polar surface area (TPSA) is 122 Å². The fraction of sp³-hybridized carbons (Fsp3) is 0.240. The number of carbonyl (C=O) groups excluding carboxylic acids is 1.